The van der Waals surface area contributed by atoms with Gasteiger partial charge in [-0.1, -0.05) is 47.5 Å². The fourth-order valence-corrected chi connectivity index (χ4v) is 2.30. The van der Waals surface area contributed by atoms with Gasteiger partial charge >= 0.3 is 0 Å². The summed E-state index contributed by atoms with van der Waals surface area (Å²) in [5.74, 6) is 2.25. The molecule has 3 N–H and O–H groups in total. The summed E-state index contributed by atoms with van der Waals surface area (Å²) < 4.78 is 0. The van der Waals surface area contributed by atoms with Crippen LogP contribution in [0.3, 0.4) is 0 Å². The molecule has 2 heteroatoms. The highest BCUT2D eigenvalue weighted by Gasteiger charge is 2.18. The molecule has 0 aromatic rings. The van der Waals surface area contributed by atoms with E-state index in [-0.39, 0.29) is 0 Å². The second-order valence-corrected chi connectivity index (χ2v) is 5.63. The second-order valence-electron chi connectivity index (χ2n) is 5.63. The summed E-state index contributed by atoms with van der Waals surface area (Å²) in [5, 5.41) is 3.64. The zero-order valence-electron chi connectivity index (χ0n) is 11.9. The lowest BCUT2D eigenvalue weighted by molar-refractivity contribution is 0.262. The minimum atomic E-state index is 0.514. The Hall–Kier alpha value is -0.0800. The summed E-state index contributed by atoms with van der Waals surface area (Å²) in [4.78, 5) is 0. The van der Waals surface area contributed by atoms with Gasteiger partial charge in [-0.3, -0.25) is 0 Å². The van der Waals surface area contributed by atoms with Crippen LogP contribution >= 0.6 is 0 Å². The van der Waals surface area contributed by atoms with Gasteiger partial charge in [0.2, 0.25) is 0 Å². The molecule has 0 rings (SSSR count). The van der Waals surface area contributed by atoms with Gasteiger partial charge in [0.05, 0.1) is 0 Å². The van der Waals surface area contributed by atoms with Crippen molar-refractivity contribution in [1.29, 1.82) is 0 Å². The van der Waals surface area contributed by atoms with E-state index in [1.807, 2.05) is 0 Å². The maximum Gasteiger partial charge on any atom is 0.0190 e. The molecule has 0 aliphatic heterocycles. The van der Waals surface area contributed by atoms with Crippen molar-refractivity contribution in [3.8, 4) is 0 Å². The highest BCUT2D eigenvalue weighted by Crippen LogP contribution is 2.19. The number of nitrogens with one attached hydrogen (secondary N) is 1. The summed E-state index contributed by atoms with van der Waals surface area (Å²) in [6.07, 6.45) is 3.76. The highest BCUT2D eigenvalue weighted by molar-refractivity contribution is 4.74. The van der Waals surface area contributed by atoms with E-state index in [9.17, 15) is 0 Å². The SMILES string of the molecule is CCCCC(CN)NCC(C(C)C)C(C)C. The van der Waals surface area contributed by atoms with Gasteiger partial charge in [0.15, 0.2) is 0 Å². The third-order valence-corrected chi connectivity index (χ3v) is 3.55. The molecule has 0 fully saturated rings. The van der Waals surface area contributed by atoms with Crippen molar-refractivity contribution in [2.24, 2.45) is 23.5 Å². The van der Waals surface area contributed by atoms with Gasteiger partial charge in [-0.15, -0.1) is 0 Å². The van der Waals surface area contributed by atoms with Crippen LogP contribution in [0.2, 0.25) is 0 Å². The van der Waals surface area contributed by atoms with E-state index in [2.05, 4.69) is 39.9 Å². The van der Waals surface area contributed by atoms with E-state index in [0.29, 0.717) is 6.04 Å². The first-order valence-electron chi connectivity index (χ1n) is 6.96. The van der Waals surface area contributed by atoms with Crippen LogP contribution in [-0.4, -0.2) is 19.1 Å². The number of hydrogen-bond donors (Lipinski definition) is 2. The monoisotopic (exact) mass is 228 g/mol. The first kappa shape index (κ1) is 15.9. The molecule has 0 spiro atoms. The normalized spacial score (nSPS) is 14.1. The predicted molar refractivity (Wildman–Crippen MR) is 73.5 cm³/mol. The van der Waals surface area contributed by atoms with Crippen molar-refractivity contribution >= 4 is 0 Å². The average molecular weight is 228 g/mol. The van der Waals surface area contributed by atoms with Crippen molar-refractivity contribution in [3.05, 3.63) is 0 Å². The molecule has 98 valence electrons. The Morgan fingerprint density at radius 2 is 1.62 bits per heavy atom. The largest absolute Gasteiger partial charge is 0.329 e. The molecule has 0 saturated carbocycles. The summed E-state index contributed by atoms with van der Waals surface area (Å²) >= 11 is 0. The minimum absolute atomic E-state index is 0.514. The van der Waals surface area contributed by atoms with Crippen LogP contribution in [0.5, 0.6) is 0 Å². The third kappa shape index (κ3) is 6.49. The number of rotatable bonds is 9. The molecule has 1 unspecified atom stereocenters. The molecule has 0 saturated heterocycles. The molecule has 0 aliphatic rings. The maximum absolute atomic E-state index is 5.79. The molecule has 0 radical (unpaired) electrons. The van der Waals surface area contributed by atoms with E-state index in [1.54, 1.807) is 0 Å². The Morgan fingerprint density at radius 3 is 2.00 bits per heavy atom. The molecular formula is C14H32N2. The summed E-state index contributed by atoms with van der Waals surface area (Å²) in [6, 6.07) is 0.514. The molecule has 0 aromatic carbocycles. The van der Waals surface area contributed by atoms with Crippen LogP contribution < -0.4 is 11.1 Å². The van der Waals surface area contributed by atoms with Crippen LogP contribution in [0.1, 0.15) is 53.9 Å². The Morgan fingerprint density at radius 1 is 1.06 bits per heavy atom. The smallest absolute Gasteiger partial charge is 0.0190 e. The summed E-state index contributed by atoms with van der Waals surface area (Å²) in [5.41, 5.74) is 5.79. The molecule has 1 atom stereocenters. The molecule has 0 aliphatic carbocycles. The van der Waals surface area contributed by atoms with E-state index in [1.165, 1.54) is 19.3 Å². The van der Waals surface area contributed by atoms with Crippen LogP contribution in [0, 0.1) is 17.8 Å². The van der Waals surface area contributed by atoms with Gasteiger partial charge in [-0.2, -0.15) is 0 Å². The van der Waals surface area contributed by atoms with Crippen molar-refractivity contribution in [2.45, 2.75) is 59.9 Å². The van der Waals surface area contributed by atoms with Crippen LogP contribution in [0.25, 0.3) is 0 Å². The average Bonchev–Trinajstić information content (AvgIpc) is 2.22. The second kappa shape index (κ2) is 9.00. The lowest BCUT2D eigenvalue weighted by Gasteiger charge is -2.27. The zero-order valence-corrected chi connectivity index (χ0v) is 11.9. The van der Waals surface area contributed by atoms with Gasteiger partial charge < -0.3 is 11.1 Å². The van der Waals surface area contributed by atoms with E-state index >= 15 is 0 Å². The Bertz CT molecular complexity index is 147. The zero-order chi connectivity index (χ0) is 12.6. The summed E-state index contributed by atoms with van der Waals surface area (Å²) in [6.45, 7) is 13.4. The number of unbranched alkanes of at least 4 members (excludes halogenated alkanes) is 1. The quantitative estimate of drug-likeness (QED) is 0.636. The molecule has 0 bridgehead atoms. The minimum Gasteiger partial charge on any atom is -0.329 e. The Balaban J connectivity index is 3.96. The van der Waals surface area contributed by atoms with Crippen LogP contribution in [0.4, 0.5) is 0 Å². The van der Waals surface area contributed by atoms with Crippen molar-refractivity contribution < 1.29 is 0 Å². The van der Waals surface area contributed by atoms with Gasteiger partial charge in [-0.05, 0) is 30.7 Å². The number of nitrogens with two attached hydrogens (primary N) is 1. The standard InChI is InChI=1S/C14H32N2/c1-6-7-8-13(9-15)16-10-14(11(2)3)12(4)5/h11-14,16H,6-10,15H2,1-5H3. The molecule has 0 amide bonds. The molecule has 0 aromatic heterocycles. The van der Waals surface area contributed by atoms with E-state index < -0.39 is 0 Å². The van der Waals surface area contributed by atoms with E-state index in [4.69, 9.17) is 5.73 Å². The Labute approximate surface area is 102 Å². The molecule has 16 heavy (non-hydrogen) atoms. The van der Waals surface area contributed by atoms with Crippen molar-refractivity contribution in [3.63, 3.8) is 0 Å². The third-order valence-electron chi connectivity index (χ3n) is 3.55. The summed E-state index contributed by atoms with van der Waals surface area (Å²) in [7, 11) is 0. The van der Waals surface area contributed by atoms with Crippen LogP contribution in [-0.2, 0) is 0 Å². The lowest BCUT2D eigenvalue weighted by atomic mass is 9.85. The lowest BCUT2D eigenvalue weighted by Crippen LogP contribution is -2.41. The fraction of sp³-hybridized carbons (Fsp3) is 1.00. The topological polar surface area (TPSA) is 38.0 Å². The van der Waals surface area contributed by atoms with E-state index in [0.717, 1.165) is 30.8 Å². The fourth-order valence-electron chi connectivity index (χ4n) is 2.30. The van der Waals surface area contributed by atoms with Crippen molar-refractivity contribution in [1.82, 2.24) is 5.32 Å². The molecular weight excluding hydrogens is 196 g/mol. The first-order valence-corrected chi connectivity index (χ1v) is 6.96. The van der Waals surface area contributed by atoms with Crippen LogP contribution in [0.15, 0.2) is 0 Å². The van der Waals surface area contributed by atoms with Crippen molar-refractivity contribution in [2.75, 3.05) is 13.1 Å². The van der Waals surface area contributed by atoms with Gasteiger partial charge in [0, 0.05) is 12.6 Å². The maximum atomic E-state index is 5.79. The highest BCUT2D eigenvalue weighted by atomic mass is 14.9. The predicted octanol–water partition coefficient (Wildman–Crippen LogP) is 3.02. The van der Waals surface area contributed by atoms with Gasteiger partial charge in [-0.25, -0.2) is 0 Å². The molecule has 0 heterocycles. The van der Waals surface area contributed by atoms with Gasteiger partial charge in [0.25, 0.3) is 0 Å². The van der Waals surface area contributed by atoms with Gasteiger partial charge in [0.1, 0.15) is 0 Å². The Kier molecular flexibility index (Phi) is 8.96. The first-order chi connectivity index (χ1) is 7.52. The number of hydrogen-bond acceptors (Lipinski definition) is 2. The molecule has 2 nitrogen and oxygen atoms in total.